The number of methoxy groups -OCH3 is 1. The Morgan fingerprint density at radius 2 is 1.93 bits per heavy atom. The van der Waals surface area contributed by atoms with Crippen LogP contribution in [0.15, 0.2) is 18.2 Å². The van der Waals surface area contributed by atoms with E-state index in [-0.39, 0.29) is 0 Å². The van der Waals surface area contributed by atoms with Crippen LogP contribution in [0.2, 0.25) is 0 Å². The molecule has 2 rings (SSSR count). The molecule has 0 aliphatic carbocycles. The van der Waals surface area contributed by atoms with Gasteiger partial charge in [-0.3, -0.25) is 0 Å². The summed E-state index contributed by atoms with van der Waals surface area (Å²) in [5.74, 6) is 1.63. The van der Waals surface area contributed by atoms with Crippen molar-refractivity contribution in [3.05, 3.63) is 29.7 Å². The number of aryl methyl sites for hydroxylation is 2. The second-order valence-electron chi connectivity index (χ2n) is 3.21. The maximum Gasteiger partial charge on any atom is 0.130 e. The number of benzene rings is 1. The van der Waals surface area contributed by atoms with Gasteiger partial charge in [-0.05, 0) is 26.0 Å². The summed E-state index contributed by atoms with van der Waals surface area (Å²) in [7, 11) is 1.66. The highest BCUT2D eigenvalue weighted by atomic mass is 16.5. The van der Waals surface area contributed by atoms with Crippen LogP contribution < -0.4 is 4.74 Å². The molecule has 0 N–H and O–H groups in total. The Balaban J connectivity index is 2.87. The number of hydrogen-bond donors (Lipinski definition) is 0. The minimum atomic E-state index is 0.795. The van der Waals surface area contributed by atoms with Crippen molar-refractivity contribution in [3.63, 3.8) is 0 Å². The molecule has 1 aromatic heterocycles. The summed E-state index contributed by atoms with van der Waals surface area (Å²) >= 11 is 0. The van der Waals surface area contributed by atoms with E-state index < -0.39 is 0 Å². The molecule has 0 radical (unpaired) electrons. The molecule has 0 amide bonds. The van der Waals surface area contributed by atoms with Crippen molar-refractivity contribution in [2.24, 2.45) is 0 Å². The molecule has 0 bridgehead atoms. The van der Waals surface area contributed by atoms with Gasteiger partial charge in [0.15, 0.2) is 0 Å². The monoisotopic (exact) mass is 188 g/mol. The van der Waals surface area contributed by atoms with Gasteiger partial charge in [0.2, 0.25) is 0 Å². The van der Waals surface area contributed by atoms with Crippen LogP contribution in [-0.4, -0.2) is 17.1 Å². The topological polar surface area (TPSA) is 35.0 Å². The summed E-state index contributed by atoms with van der Waals surface area (Å²) in [6.45, 7) is 3.87. The second-order valence-corrected chi connectivity index (χ2v) is 3.21. The first-order chi connectivity index (χ1) is 6.72. The van der Waals surface area contributed by atoms with Gasteiger partial charge in [-0.25, -0.2) is 9.97 Å². The van der Waals surface area contributed by atoms with Crippen molar-refractivity contribution >= 4 is 10.9 Å². The molecule has 0 atom stereocenters. The fraction of sp³-hybridized carbons (Fsp3) is 0.273. The number of rotatable bonds is 1. The number of ether oxygens (including phenoxy) is 1. The molecule has 0 spiro atoms. The Morgan fingerprint density at radius 1 is 1.14 bits per heavy atom. The summed E-state index contributed by atoms with van der Waals surface area (Å²) in [5, 5.41) is 1.00. The molecular weight excluding hydrogens is 176 g/mol. The van der Waals surface area contributed by atoms with Crippen LogP contribution in [0.5, 0.6) is 5.75 Å². The van der Waals surface area contributed by atoms with Crippen molar-refractivity contribution in [3.8, 4) is 5.75 Å². The van der Waals surface area contributed by atoms with Gasteiger partial charge in [0.05, 0.1) is 23.7 Å². The van der Waals surface area contributed by atoms with Gasteiger partial charge in [0.1, 0.15) is 11.6 Å². The predicted octanol–water partition coefficient (Wildman–Crippen LogP) is 2.26. The van der Waals surface area contributed by atoms with Crippen LogP contribution in [0.3, 0.4) is 0 Å². The maximum atomic E-state index is 5.27. The first kappa shape index (κ1) is 8.94. The lowest BCUT2D eigenvalue weighted by molar-refractivity contribution is 0.419. The van der Waals surface area contributed by atoms with E-state index in [1.54, 1.807) is 7.11 Å². The average Bonchev–Trinajstić information content (AvgIpc) is 2.16. The number of hydrogen-bond acceptors (Lipinski definition) is 3. The molecule has 0 saturated carbocycles. The van der Waals surface area contributed by atoms with Crippen LogP contribution in [0, 0.1) is 13.8 Å². The van der Waals surface area contributed by atoms with E-state index in [0.29, 0.717) is 0 Å². The van der Waals surface area contributed by atoms with Crippen LogP contribution in [-0.2, 0) is 0 Å². The molecule has 3 nitrogen and oxygen atoms in total. The third kappa shape index (κ3) is 1.31. The van der Waals surface area contributed by atoms with E-state index in [2.05, 4.69) is 9.97 Å². The van der Waals surface area contributed by atoms with Gasteiger partial charge in [0.25, 0.3) is 0 Å². The van der Waals surface area contributed by atoms with Gasteiger partial charge in [-0.1, -0.05) is 6.07 Å². The largest absolute Gasteiger partial charge is 0.496 e. The first-order valence-corrected chi connectivity index (χ1v) is 4.50. The van der Waals surface area contributed by atoms with Crippen molar-refractivity contribution in [2.45, 2.75) is 13.8 Å². The number of nitrogens with zero attached hydrogens (tertiary/aromatic N) is 2. The Hall–Kier alpha value is -1.64. The molecule has 0 unspecified atom stereocenters. The minimum Gasteiger partial charge on any atom is -0.496 e. The molecular formula is C11H12N2O. The van der Waals surface area contributed by atoms with Crippen molar-refractivity contribution in [1.82, 2.24) is 9.97 Å². The summed E-state index contributed by atoms with van der Waals surface area (Å²) in [6, 6.07) is 5.83. The zero-order valence-electron chi connectivity index (χ0n) is 8.53. The van der Waals surface area contributed by atoms with Crippen LogP contribution in [0.1, 0.15) is 11.5 Å². The predicted molar refractivity (Wildman–Crippen MR) is 55.6 cm³/mol. The maximum absolute atomic E-state index is 5.27. The highest BCUT2D eigenvalue weighted by molar-refractivity contribution is 5.87. The molecule has 72 valence electrons. The highest BCUT2D eigenvalue weighted by Gasteiger charge is 2.06. The average molecular weight is 188 g/mol. The lowest BCUT2D eigenvalue weighted by Gasteiger charge is -2.07. The summed E-state index contributed by atoms with van der Waals surface area (Å²) in [6.07, 6.45) is 0. The SMILES string of the molecule is COc1cccc2nc(C)nc(C)c12. The smallest absolute Gasteiger partial charge is 0.130 e. The van der Waals surface area contributed by atoms with Gasteiger partial charge in [-0.2, -0.15) is 0 Å². The summed E-state index contributed by atoms with van der Waals surface area (Å²) < 4.78 is 5.27. The summed E-state index contributed by atoms with van der Waals surface area (Å²) in [5.41, 5.74) is 1.90. The molecule has 1 heterocycles. The summed E-state index contributed by atoms with van der Waals surface area (Å²) in [4.78, 5) is 8.67. The lowest BCUT2D eigenvalue weighted by Crippen LogP contribution is -1.95. The van der Waals surface area contributed by atoms with Crippen LogP contribution >= 0.6 is 0 Å². The zero-order valence-corrected chi connectivity index (χ0v) is 8.53. The molecule has 0 fully saturated rings. The van der Waals surface area contributed by atoms with Gasteiger partial charge in [0, 0.05) is 0 Å². The van der Waals surface area contributed by atoms with E-state index in [1.165, 1.54) is 0 Å². The first-order valence-electron chi connectivity index (χ1n) is 4.50. The molecule has 0 saturated heterocycles. The Morgan fingerprint density at radius 3 is 2.64 bits per heavy atom. The van der Waals surface area contributed by atoms with Crippen molar-refractivity contribution < 1.29 is 4.74 Å². The quantitative estimate of drug-likeness (QED) is 0.688. The fourth-order valence-electron chi connectivity index (χ4n) is 1.64. The normalized spacial score (nSPS) is 10.5. The third-order valence-electron chi connectivity index (χ3n) is 2.20. The van der Waals surface area contributed by atoms with Crippen molar-refractivity contribution in [2.75, 3.05) is 7.11 Å². The molecule has 0 aliphatic heterocycles. The van der Waals surface area contributed by atoms with Crippen LogP contribution in [0.4, 0.5) is 0 Å². The van der Waals surface area contributed by atoms with E-state index in [0.717, 1.165) is 28.2 Å². The van der Waals surface area contributed by atoms with Gasteiger partial charge >= 0.3 is 0 Å². The van der Waals surface area contributed by atoms with E-state index in [1.807, 2.05) is 32.0 Å². The van der Waals surface area contributed by atoms with E-state index >= 15 is 0 Å². The highest BCUT2D eigenvalue weighted by Crippen LogP contribution is 2.25. The molecule has 0 aliphatic rings. The second kappa shape index (κ2) is 3.25. The fourth-order valence-corrected chi connectivity index (χ4v) is 1.64. The van der Waals surface area contributed by atoms with Crippen molar-refractivity contribution in [1.29, 1.82) is 0 Å². The standard InChI is InChI=1S/C11H12N2O/c1-7-11-9(13-8(2)12-7)5-4-6-10(11)14-3/h4-6H,1-3H3. The van der Waals surface area contributed by atoms with Gasteiger partial charge < -0.3 is 4.74 Å². The van der Waals surface area contributed by atoms with Crippen LogP contribution in [0.25, 0.3) is 10.9 Å². The Bertz CT molecular complexity index is 480. The Labute approximate surface area is 82.8 Å². The lowest BCUT2D eigenvalue weighted by atomic mass is 10.2. The third-order valence-corrected chi connectivity index (χ3v) is 2.20. The number of fused-ring (bicyclic) bond motifs is 1. The van der Waals surface area contributed by atoms with Gasteiger partial charge in [-0.15, -0.1) is 0 Å². The van der Waals surface area contributed by atoms with E-state index in [4.69, 9.17) is 4.74 Å². The zero-order chi connectivity index (χ0) is 10.1. The molecule has 14 heavy (non-hydrogen) atoms. The Kier molecular flexibility index (Phi) is 2.08. The molecule has 3 heteroatoms. The molecule has 2 aromatic rings. The number of aromatic nitrogens is 2. The van der Waals surface area contributed by atoms with E-state index in [9.17, 15) is 0 Å². The minimum absolute atomic E-state index is 0.795. The molecule has 1 aromatic carbocycles.